The van der Waals surface area contributed by atoms with E-state index >= 15 is 0 Å². The van der Waals surface area contributed by atoms with Gasteiger partial charge in [0.1, 0.15) is 6.10 Å². The minimum Gasteiger partial charge on any atom is -0.424 e. The standard InChI is InChI=1S/C14H22N4O3/c1-11-15-16-13(21-11)10-17-7-8-20-12(9-17)14(19)18-5-3-2-4-6-18/h12H,2-10H2,1H3. The van der Waals surface area contributed by atoms with Crippen LogP contribution in [0.3, 0.4) is 0 Å². The number of carbonyl (C=O) groups excluding carboxylic acids is 1. The number of likely N-dealkylation sites (tertiary alicyclic amines) is 1. The fourth-order valence-corrected chi connectivity index (χ4v) is 2.91. The maximum Gasteiger partial charge on any atom is 0.253 e. The first kappa shape index (κ1) is 14.5. The smallest absolute Gasteiger partial charge is 0.253 e. The zero-order valence-electron chi connectivity index (χ0n) is 12.5. The molecule has 116 valence electrons. The lowest BCUT2D eigenvalue weighted by atomic mass is 10.1. The van der Waals surface area contributed by atoms with Gasteiger partial charge in [-0.05, 0) is 19.3 Å². The quantitative estimate of drug-likeness (QED) is 0.812. The highest BCUT2D eigenvalue weighted by atomic mass is 16.5. The Morgan fingerprint density at radius 2 is 2.05 bits per heavy atom. The molecule has 7 nitrogen and oxygen atoms in total. The summed E-state index contributed by atoms with van der Waals surface area (Å²) in [6.07, 6.45) is 3.06. The van der Waals surface area contributed by atoms with Crippen LogP contribution in [0.25, 0.3) is 0 Å². The molecule has 3 rings (SSSR count). The molecule has 0 saturated carbocycles. The molecule has 0 aromatic carbocycles. The molecular formula is C14H22N4O3. The molecule has 0 spiro atoms. The van der Waals surface area contributed by atoms with Crippen LogP contribution in [0.4, 0.5) is 0 Å². The number of carbonyl (C=O) groups is 1. The highest BCUT2D eigenvalue weighted by Crippen LogP contribution is 2.15. The van der Waals surface area contributed by atoms with E-state index in [1.165, 1.54) is 6.42 Å². The van der Waals surface area contributed by atoms with Gasteiger partial charge in [-0.2, -0.15) is 0 Å². The number of rotatable bonds is 3. The van der Waals surface area contributed by atoms with Gasteiger partial charge in [0.25, 0.3) is 5.91 Å². The summed E-state index contributed by atoms with van der Waals surface area (Å²) in [5.41, 5.74) is 0. The lowest BCUT2D eigenvalue weighted by Gasteiger charge is -2.35. The Balaban J connectivity index is 1.56. The molecule has 21 heavy (non-hydrogen) atoms. The number of nitrogens with zero attached hydrogens (tertiary/aromatic N) is 4. The molecule has 2 fully saturated rings. The number of aromatic nitrogens is 2. The van der Waals surface area contributed by atoms with Crippen LogP contribution in [0.5, 0.6) is 0 Å². The molecular weight excluding hydrogens is 272 g/mol. The second-order valence-corrected chi connectivity index (χ2v) is 5.70. The van der Waals surface area contributed by atoms with Gasteiger partial charge in [0.15, 0.2) is 0 Å². The van der Waals surface area contributed by atoms with E-state index in [9.17, 15) is 4.79 Å². The Morgan fingerprint density at radius 3 is 2.76 bits per heavy atom. The van der Waals surface area contributed by atoms with Crippen molar-refractivity contribution in [3.05, 3.63) is 11.8 Å². The summed E-state index contributed by atoms with van der Waals surface area (Å²) in [5, 5.41) is 7.84. The van der Waals surface area contributed by atoms with Crippen molar-refractivity contribution in [2.45, 2.75) is 38.8 Å². The van der Waals surface area contributed by atoms with Crippen molar-refractivity contribution >= 4 is 5.91 Å². The SMILES string of the molecule is Cc1nnc(CN2CCOC(C(=O)N3CCCCC3)C2)o1. The Morgan fingerprint density at radius 1 is 1.24 bits per heavy atom. The number of hydrogen-bond donors (Lipinski definition) is 0. The van der Waals surface area contributed by atoms with Crippen LogP contribution in [0, 0.1) is 6.92 Å². The lowest BCUT2D eigenvalue weighted by Crippen LogP contribution is -2.51. The van der Waals surface area contributed by atoms with Crippen LogP contribution in [0.2, 0.25) is 0 Å². The maximum atomic E-state index is 12.5. The fraction of sp³-hybridized carbons (Fsp3) is 0.786. The molecule has 0 radical (unpaired) electrons. The van der Waals surface area contributed by atoms with Crippen LogP contribution in [-0.4, -0.2) is 64.8 Å². The van der Waals surface area contributed by atoms with Crippen LogP contribution in [0.15, 0.2) is 4.42 Å². The summed E-state index contributed by atoms with van der Waals surface area (Å²) in [4.78, 5) is 16.6. The van der Waals surface area contributed by atoms with Gasteiger partial charge in [0.05, 0.1) is 13.2 Å². The average Bonchev–Trinajstić information content (AvgIpc) is 2.93. The molecule has 2 aliphatic rings. The number of amides is 1. The van der Waals surface area contributed by atoms with Crippen LogP contribution >= 0.6 is 0 Å². The molecule has 7 heteroatoms. The van der Waals surface area contributed by atoms with Crippen LogP contribution in [0.1, 0.15) is 31.0 Å². The maximum absolute atomic E-state index is 12.5. The van der Waals surface area contributed by atoms with Crippen molar-refractivity contribution in [3.8, 4) is 0 Å². The molecule has 2 aliphatic heterocycles. The molecule has 2 saturated heterocycles. The van der Waals surface area contributed by atoms with Crippen molar-refractivity contribution in [2.24, 2.45) is 0 Å². The first-order valence-corrected chi connectivity index (χ1v) is 7.64. The normalized spacial score (nSPS) is 24.2. The first-order chi connectivity index (χ1) is 10.2. The van der Waals surface area contributed by atoms with Crippen molar-refractivity contribution in [1.29, 1.82) is 0 Å². The molecule has 1 aromatic heterocycles. The second-order valence-electron chi connectivity index (χ2n) is 5.70. The van der Waals surface area contributed by atoms with Gasteiger partial charge in [-0.3, -0.25) is 9.69 Å². The molecule has 1 aromatic rings. The zero-order valence-corrected chi connectivity index (χ0v) is 12.5. The van der Waals surface area contributed by atoms with Gasteiger partial charge in [-0.25, -0.2) is 0 Å². The molecule has 3 heterocycles. The van der Waals surface area contributed by atoms with Gasteiger partial charge >= 0.3 is 0 Å². The summed E-state index contributed by atoms with van der Waals surface area (Å²) >= 11 is 0. The topological polar surface area (TPSA) is 71.7 Å². The van der Waals surface area contributed by atoms with E-state index in [2.05, 4.69) is 15.1 Å². The summed E-state index contributed by atoms with van der Waals surface area (Å²) in [6.45, 7) is 6.02. The van der Waals surface area contributed by atoms with E-state index in [0.29, 0.717) is 31.5 Å². The van der Waals surface area contributed by atoms with Gasteiger partial charge in [-0.1, -0.05) is 0 Å². The molecule has 0 aliphatic carbocycles. The molecule has 1 unspecified atom stereocenters. The Kier molecular flexibility index (Phi) is 4.50. The molecule has 0 N–H and O–H groups in total. The van der Waals surface area contributed by atoms with Crippen molar-refractivity contribution in [1.82, 2.24) is 20.0 Å². The van der Waals surface area contributed by atoms with Gasteiger partial charge in [0.2, 0.25) is 11.8 Å². The number of piperidine rings is 1. The molecule has 1 atom stereocenters. The predicted molar refractivity (Wildman–Crippen MR) is 74.5 cm³/mol. The number of aryl methyl sites for hydroxylation is 1. The predicted octanol–water partition coefficient (Wildman–Crippen LogP) is 0.591. The molecule has 1 amide bonds. The largest absolute Gasteiger partial charge is 0.424 e. The summed E-state index contributed by atoms with van der Waals surface area (Å²) in [7, 11) is 0. The van der Waals surface area contributed by atoms with E-state index in [1.807, 2.05) is 4.90 Å². The van der Waals surface area contributed by atoms with Gasteiger partial charge in [-0.15, -0.1) is 10.2 Å². The molecule has 0 bridgehead atoms. The monoisotopic (exact) mass is 294 g/mol. The summed E-state index contributed by atoms with van der Waals surface area (Å²) in [5.74, 6) is 1.29. The summed E-state index contributed by atoms with van der Waals surface area (Å²) in [6, 6.07) is 0. The Labute approximate surface area is 124 Å². The van der Waals surface area contributed by atoms with Crippen molar-refractivity contribution < 1.29 is 13.9 Å². The Bertz CT molecular complexity index is 484. The van der Waals surface area contributed by atoms with Crippen molar-refractivity contribution in [3.63, 3.8) is 0 Å². The average molecular weight is 294 g/mol. The fourth-order valence-electron chi connectivity index (χ4n) is 2.91. The first-order valence-electron chi connectivity index (χ1n) is 7.64. The number of ether oxygens (including phenoxy) is 1. The number of hydrogen-bond acceptors (Lipinski definition) is 6. The van der Waals surface area contributed by atoms with E-state index < -0.39 is 0 Å². The van der Waals surface area contributed by atoms with E-state index in [1.54, 1.807) is 6.92 Å². The van der Waals surface area contributed by atoms with Crippen LogP contribution < -0.4 is 0 Å². The van der Waals surface area contributed by atoms with Crippen LogP contribution in [-0.2, 0) is 16.1 Å². The highest BCUT2D eigenvalue weighted by molar-refractivity contribution is 5.81. The third kappa shape index (κ3) is 3.59. The van der Waals surface area contributed by atoms with Crippen molar-refractivity contribution in [2.75, 3.05) is 32.8 Å². The lowest BCUT2D eigenvalue weighted by molar-refractivity contribution is -0.150. The highest BCUT2D eigenvalue weighted by Gasteiger charge is 2.31. The van der Waals surface area contributed by atoms with E-state index in [-0.39, 0.29) is 12.0 Å². The third-order valence-electron chi connectivity index (χ3n) is 4.02. The Hall–Kier alpha value is -1.47. The van der Waals surface area contributed by atoms with E-state index in [0.717, 1.165) is 32.5 Å². The third-order valence-corrected chi connectivity index (χ3v) is 4.02. The van der Waals surface area contributed by atoms with E-state index in [4.69, 9.17) is 9.15 Å². The zero-order chi connectivity index (χ0) is 14.7. The second kappa shape index (κ2) is 6.53. The van der Waals surface area contributed by atoms with Gasteiger partial charge < -0.3 is 14.1 Å². The summed E-state index contributed by atoms with van der Waals surface area (Å²) < 4.78 is 11.1. The van der Waals surface area contributed by atoms with Gasteiger partial charge in [0, 0.05) is 33.1 Å². The minimum absolute atomic E-state index is 0.126. The minimum atomic E-state index is -0.360. The number of morpholine rings is 1.